The summed E-state index contributed by atoms with van der Waals surface area (Å²) in [6.45, 7) is 5.57. The predicted molar refractivity (Wildman–Crippen MR) is 112 cm³/mol. The van der Waals surface area contributed by atoms with Gasteiger partial charge in [0.15, 0.2) is 4.80 Å². The molecule has 1 N–H and O–H groups in total. The van der Waals surface area contributed by atoms with Crippen LogP contribution < -0.4 is 14.4 Å². The molecule has 9 heteroatoms. The molecule has 0 unspecified atom stereocenters. The number of fused-ring (bicyclic) bond motifs is 1. The maximum atomic E-state index is 12.4. The SMILES string of the molecule is N=c1sc2cc(OC(F)(F)F)ccc2n1CCCN1CCN(c2ccccc2)CC1. The maximum Gasteiger partial charge on any atom is 0.573 e. The van der Waals surface area contributed by atoms with Gasteiger partial charge in [0.05, 0.1) is 10.2 Å². The molecule has 0 atom stereocenters. The van der Waals surface area contributed by atoms with E-state index in [1.807, 2.05) is 10.6 Å². The third kappa shape index (κ3) is 4.96. The van der Waals surface area contributed by atoms with E-state index >= 15 is 0 Å². The third-order valence-corrected chi connectivity index (χ3v) is 6.22. The van der Waals surface area contributed by atoms with E-state index in [4.69, 9.17) is 5.41 Å². The van der Waals surface area contributed by atoms with Crippen LogP contribution in [0, 0.1) is 5.41 Å². The van der Waals surface area contributed by atoms with Crippen molar-refractivity contribution in [1.29, 1.82) is 5.41 Å². The second-order valence-electron chi connectivity index (χ2n) is 7.25. The van der Waals surface area contributed by atoms with E-state index in [1.54, 1.807) is 6.07 Å². The second kappa shape index (κ2) is 8.69. The molecule has 0 spiro atoms. The van der Waals surface area contributed by atoms with Crippen molar-refractivity contribution in [3.8, 4) is 5.75 Å². The number of ether oxygens (including phenoxy) is 1. The van der Waals surface area contributed by atoms with Gasteiger partial charge in [0, 0.05) is 38.4 Å². The number of halogens is 3. The fourth-order valence-electron chi connectivity index (χ4n) is 3.81. The highest BCUT2D eigenvalue weighted by Crippen LogP contribution is 2.28. The molecule has 0 saturated carbocycles. The Hall–Kier alpha value is -2.52. The van der Waals surface area contributed by atoms with E-state index in [0.717, 1.165) is 56.0 Å². The Balaban J connectivity index is 1.32. The number of piperazine rings is 1. The summed E-state index contributed by atoms with van der Waals surface area (Å²) in [4.78, 5) is 5.15. The van der Waals surface area contributed by atoms with Crippen molar-refractivity contribution >= 4 is 27.2 Å². The first-order valence-corrected chi connectivity index (χ1v) is 10.7. The number of rotatable bonds is 6. The lowest BCUT2D eigenvalue weighted by molar-refractivity contribution is -0.274. The molecule has 30 heavy (non-hydrogen) atoms. The monoisotopic (exact) mass is 436 g/mol. The molecule has 0 radical (unpaired) electrons. The molecule has 1 saturated heterocycles. The molecule has 2 aromatic carbocycles. The minimum absolute atomic E-state index is 0.250. The van der Waals surface area contributed by atoms with Crippen LogP contribution in [0.15, 0.2) is 48.5 Å². The number of para-hydroxylation sites is 1. The molecule has 0 aliphatic carbocycles. The molecule has 5 nitrogen and oxygen atoms in total. The van der Waals surface area contributed by atoms with Crippen LogP contribution in [0.3, 0.4) is 0 Å². The number of aryl methyl sites for hydroxylation is 1. The number of benzene rings is 2. The van der Waals surface area contributed by atoms with Crippen molar-refractivity contribution in [1.82, 2.24) is 9.47 Å². The van der Waals surface area contributed by atoms with Crippen LogP contribution in [0.25, 0.3) is 10.2 Å². The molecule has 160 valence electrons. The van der Waals surface area contributed by atoms with Gasteiger partial charge >= 0.3 is 6.36 Å². The van der Waals surface area contributed by atoms with Crippen LogP contribution in [-0.4, -0.2) is 48.6 Å². The van der Waals surface area contributed by atoms with E-state index in [-0.39, 0.29) is 5.75 Å². The smallest absolute Gasteiger partial charge is 0.406 e. The van der Waals surface area contributed by atoms with Crippen LogP contribution in [0.5, 0.6) is 5.75 Å². The summed E-state index contributed by atoms with van der Waals surface area (Å²) in [5.41, 5.74) is 2.03. The summed E-state index contributed by atoms with van der Waals surface area (Å²) in [6, 6.07) is 14.7. The first-order chi connectivity index (χ1) is 14.4. The summed E-state index contributed by atoms with van der Waals surface area (Å²) < 4.78 is 43.7. The van der Waals surface area contributed by atoms with Gasteiger partial charge in [0.25, 0.3) is 0 Å². The average Bonchev–Trinajstić information content (AvgIpc) is 3.02. The van der Waals surface area contributed by atoms with Crippen LogP contribution in [-0.2, 0) is 6.54 Å². The summed E-state index contributed by atoms with van der Waals surface area (Å²) in [5.74, 6) is -0.250. The van der Waals surface area contributed by atoms with Crippen molar-refractivity contribution in [2.75, 3.05) is 37.6 Å². The van der Waals surface area contributed by atoms with Gasteiger partial charge in [0.1, 0.15) is 5.75 Å². The van der Waals surface area contributed by atoms with Crippen molar-refractivity contribution < 1.29 is 17.9 Å². The number of aromatic nitrogens is 1. The number of alkyl halides is 3. The molecule has 1 fully saturated rings. The molecule has 3 aromatic rings. The standard InChI is InChI=1S/C21H23F3N4OS/c22-21(23,24)29-17-7-8-18-19(15-17)30-20(25)28(18)10-4-9-26-11-13-27(14-12-26)16-5-2-1-3-6-16/h1-3,5-8,15,25H,4,9-14H2. The fourth-order valence-corrected chi connectivity index (χ4v) is 4.77. The van der Waals surface area contributed by atoms with Crippen molar-refractivity contribution in [3.05, 3.63) is 53.3 Å². The van der Waals surface area contributed by atoms with Crippen LogP contribution in [0.4, 0.5) is 18.9 Å². The van der Waals surface area contributed by atoms with Crippen LogP contribution in [0.1, 0.15) is 6.42 Å². The minimum atomic E-state index is -4.71. The fraction of sp³-hybridized carbons (Fsp3) is 0.381. The van der Waals surface area contributed by atoms with E-state index in [1.165, 1.54) is 17.8 Å². The van der Waals surface area contributed by atoms with E-state index in [9.17, 15) is 13.2 Å². The van der Waals surface area contributed by atoms with E-state index < -0.39 is 6.36 Å². The van der Waals surface area contributed by atoms with Gasteiger partial charge in [-0.1, -0.05) is 29.5 Å². The zero-order valence-electron chi connectivity index (χ0n) is 16.4. The van der Waals surface area contributed by atoms with E-state index in [0.29, 0.717) is 16.0 Å². The van der Waals surface area contributed by atoms with Gasteiger partial charge in [0.2, 0.25) is 0 Å². The average molecular weight is 437 g/mol. The molecule has 1 aromatic heterocycles. The van der Waals surface area contributed by atoms with Gasteiger partial charge < -0.3 is 14.2 Å². The molecular formula is C21H23F3N4OS. The van der Waals surface area contributed by atoms with E-state index in [2.05, 4.69) is 38.8 Å². The molecular weight excluding hydrogens is 413 g/mol. The largest absolute Gasteiger partial charge is 0.573 e. The minimum Gasteiger partial charge on any atom is -0.406 e. The third-order valence-electron chi connectivity index (χ3n) is 5.26. The highest BCUT2D eigenvalue weighted by atomic mass is 32.1. The van der Waals surface area contributed by atoms with Crippen molar-refractivity contribution in [3.63, 3.8) is 0 Å². The summed E-state index contributed by atoms with van der Waals surface area (Å²) >= 11 is 1.16. The molecule has 2 heterocycles. The van der Waals surface area contributed by atoms with Crippen molar-refractivity contribution in [2.45, 2.75) is 19.3 Å². The summed E-state index contributed by atoms with van der Waals surface area (Å²) in [5, 5.41) is 8.19. The Morgan fingerprint density at radius 3 is 2.40 bits per heavy atom. The number of nitrogens with zero attached hydrogens (tertiary/aromatic N) is 3. The first kappa shape index (κ1) is 20.7. The zero-order chi connectivity index (χ0) is 21.1. The Labute approximate surface area is 176 Å². The van der Waals surface area contributed by atoms with Crippen LogP contribution >= 0.6 is 11.3 Å². The Bertz CT molecular complexity index is 1040. The quantitative estimate of drug-likeness (QED) is 0.627. The molecule has 1 aliphatic heterocycles. The highest BCUT2D eigenvalue weighted by molar-refractivity contribution is 7.16. The van der Waals surface area contributed by atoms with Crippen molar-refractivity contribution in [2.24, 2.45) is 0 Å². The number of anilines is 1. The molecule has 4 rings (SSSR count). The number of hydrogen-bond acceptors (Lipinski definition) is 5. The van der Waals surface area contributed by atoms with Gasteiger partial charge in [-0.3, -0.25) is 10.3 Å². The maximum absolute atomic E-state index is 12.4. The highest BCUT2D eigenvalue weighted by Gasteiger charge is 2.31. The lowest BCUT2D eigenvalue weighted by atomic mass is 10.2. The predicted octanol–water partition coefficient (Wildman–Crippen LogP) is 4.29. The first-order valence-electron chi connectivity index (χ1n) is 9.85. The summed E-state index contributed by atoms with van der Waals surface area (Å²) in [7, 11) is 0. The zero-order valence-corrected chi connectivity index (χ0v) is 17.2. The molecule has 1 aliphatic rings. The number of nitrogens with one attached hydrogen (secondary N) is 1. The van der Waals surface area contributed by atoms with Gasteiger partial charge in [-0.15, -0.1) is 13.2 Å². The van der Waals surface area contributed by atoms with Gasteiger partial charge in [-0.2, -0.15) is 0 Å². The summed E-state index contributed by atoms with van der Waals surface area (Å²) in [6.07, 6.45) is -3.83. The molecule has 0 bridgehead atoms. The Morgan fingerprint density at radius 2 is 1.70 bits per heavy atom. The normalized spacial score (nSPS) is 15.6. The lowest BCUT2D eigenvalue weighted by Gasteiger charge is -2.36. The number of hydrogen-bond donors (Lipinski definition) is 1. The van der Waals surface area contributed by atoms with Crippen LogP contribution in [0.2, 0.25) is 0 Å². The second-order valence-corrected chi connectivity index (χ2v) is 8.28. The van der Waals surface area contributed by atoms with Gasteiger partial charge in [-0.05, 0) is 43.3 Å². The van der Waals surface area contributed by atoms with Gasteiger partial charge in [-0.25, -0.2) is 0 Å². The Morgan fingerprint density at radius 1 is 0.967 bits per heavy atom. The Kier molecular flexibility index (Phi) is 6.01. The topological polar surface area (TPSA) is 44.5 Å². The molecule has 0 amide bonds. The lowest BCUT2D eigenvalue weighted by Crippen LogP contribution is -2.46. The number of thiazole rings is 1.